The van der Waals surface area contributed by atoms with Gasteiger partial charge in [0.15, 0.2) is 11.5 Å². The minimum absolute atomic E-state index is 0. The SMILES string of the molecule is Cc1ccc(C(N)C(=O)NCCc2ccc3c(c2)OCCO3)cc1.Cl. The number of fused-ring (bicyclic) bond motifs is 1. The second kappa shape index (κ2) is 8.74. The Bertz CT molecular complexity index is 719. The molecule has 2 aromatic rings. The Kier molecular flexibility index (Phi) is 6.67. The van der Waals surface area contributed by atoms with Gasteiger partial charge in [-0.25, -0.2) is 0 Å². The predicted molar refractivity (Wildman–Crippen MR) is 99.5 cm³/mol. The minimum atomic E-state index is -0.647. The van der Waals surface area contributed by atoms with Gasteiger partial charge in [0, 0.05) is 6.54 Å². The van der Waals surface area contributed by atoms with Crippen molar-refractivity contribution < 1.29 is 14.3 Å². The smallest absolute Gasteiger partial charge is 0.241 e. The normalized spacial score (nSPS) is 13.5. The van der Waals surface area contributed by atoms with Crippen molar-refractivity contribution in [3.05, 3.63) is 59.2 Å². The third-order valence-electron chi connectivity index (χ3n) is 4.04. The zero-order valence-corrected chi connectivity index (χ0v) is 15.0. The summed E-state index contributed by atoms with van der Waals surface area (Å²) in [6.45, 7) is 3.68. The number of nitrogens with one attached hydrogen (secondary N) is 1. The van der Waals surface area contributed by atoms with Crippen molar-refractivity contribution in [2.45, 2.75) is 19.4 Å². The molecule has 25 heavy (non-hydrogen) atoms. The van der Waals surface area contributed by atoms with Crippen LogP contribution in [0.4, 0.5) is 0 Å². The zero-order chi connectivity index (χ0) is 16.9. The molecule has 1 aliphatic rings. The number of hydrogen-bond acceptors (Lipinski definition) is 4. The van der Waals surface area contributed by atoms with Crippen LogP contribution in [0.25, 0.3) is 0 Å². The molecule has 0 saturated heterocycles. The first kappa shape index (κ1) is 19.1. The summed E-state index contributed by atoms with van der Waals surface area (Å²) in [5, 5.41) is 2.89. The van der Waals surface area contributed by atoms with Gasteiger partial charge in [0.05, 0.1) is 0 Å². The molecule has 0 spiro atoms. The number of benzene rings is 2. The number of rotatable bonds is 5. The fourth-order valence-electron chi connectivity index (χ4n) is 2.61. The molecule has 1 unspecified atom stereocenters. The lowest BCUT2D eigenvalue weighted by Gasteiger charge is -2.19. The number of nitrogens with two attached hydrogens (primary N) is 1. The molecule has 6 heteroatoms. The first-order valence-corrected chi connectivity index (χ1v) is 8.12. The van der Waals surface area contributed by atoms with E-state index in [0.29, 0.717) is 26.2 Å². The number of ether oxygens (including phenoxy) is 2. The summed E-state index contributed by atoms with van der Waals surface area (Å²) in [5.74, 6) is 1.37. The van der Waals surface area contributed by atoms with Crippen molar-refractivity contribution in [2.75, 3.05) is 19.8 Å². The van der Waals surface area contributed by atoms with Crippen LogP contribution < -0.4 is 20.5 Å². The Morgan fingerprint density at radius 2 is 1.80 bits per heavy atom. The van der Waals surface area contributed by atoms with Crippen molar-refractivity contribution in [1.29, 1.82) is 0 Å². The largest absolute Gasteiger partial charge is 0.486 e. The van der Waals surface area contributed by atoms with Crippen LogP contribution in [-0.4, -0.2) is 25.7 Å². The van der Waals surface area contributed by atoms with Gasteiger partial charge in [-0.05, 0) is 36.6 Å². The molecule has 134 valence electrons. The van der Waals surface area contributed by atoms with E-state index in [0.717, 1.165) is 28.2 Å². The van der Waals surface area contributed by atoms with E-state index in [1.807, 2.05) is 49.4 Å². The van der Waals surface area contributed by atoms with Gasteiger partial charge in [0.2, 0.25) is 5.91 Å². The van der Waals surface area contributed by atoms with E-state index in [1.54, 1.807) is 0 Å². The molecule has 0 radical (unpaired) electrons. The number of halogens is 1. The quantitative estimate of drug-likeness (QED) is 0.857. The molecular formula is C19H23ClN2O3. The van der Waals surface area contributed by atoms with Crippen molar-refractivity contribution in [3.8, 4) is 11.5 Å². The summed E-state index contributed by atoms with van der Waals surface area (Å²) in [4.78, 5) is 12.2. The Labute approximate surface area is 153 Å². The average molecular weight is 363 g/mol. The maximum Gasteiger partial charge on any atom is 0.241 e. The van der Waals surface area contributed by atoms with Crippen LogP contribution in [0, 0.1) is 6.92 Å². The Morgan fingerprint density at radius 1 is 1.12 bits per heavy atom. The van der Waals surface area contributed by atoms with Gasteiger partial charge >= 0.3 is 0 Å². The van der Waals surface area contributed by atoms with Crippen LogP contribution in [0.5, 0.6) is 11.5 Å². The van der Waals surface area contributed by atoms with E-state index in [1.165, 1.54) is 0 Å². The fraction of sp³-hybridized carbons (Fsp3) is 0.316. The topological polar surface area (TPSA) is 73.6 Å². The van der Waals surface area contributed by atoms with Gasteiger partial charge in [-0.15, -0.1) is 12.4 Å². The predicted octanol–water partition coefficient (Wildman–Crippen LogP) is 2.55. The maximum absolute atomic E-state index is 12.2. The summed E-state index contributed by atoms with van der Waals surface area (Å²) in [6, 6.07) is 12.9. The lowest BCUT2D eigenvalue weighted by molar-refractivity contribution is -0.122. The fourth-order valence-corrected chi connectivity index (χ4v) is 2.61. The monoisotopic (exact) mass is 362 g/mol. The number of carbonyl (C=O) groups excluding carboxylic acids is 1. The van der Waals surface area contributed by atoms with Crippen LogP contribution in [0.2, 0.25) is 0 Å². The third-order valence-corrected chi connectivity index (χ3v) is 4.04. The second-order valence-electron chi connectivity index (χ2n) is 5.91. The summed E-state index contributed by atoms with van der Waals surface area (Å²) in [5.41, 5.74) is 9.06. The van der Waals surface area contributed by atoms with Crippen LogP contribution in [0.3, 0.4) is 0 Å². The molecule has 1 heterocycles. The summed E-state index contributed by atoms with van der Waals surface area (Å²) in [6.07, 6.45) is 0.711. The lowest BCUT2D eigenvalue weighted by Crippen LogP contribution is -2.35. The number of amides is 1. The summed E-state index contributed by atoms with van der Waals surface area (Å²) < 4.78 is 11.1. The van der Waals surface area contributed by atoms with Crippen molar-refractivity contribution in [3.63, 3.8) is 0 Å². The van der Waals surface area contributed by atoms with Crippen molar-refractivity contribution in [2.24, 2.45) is 5.73 Å². The molecular weight excluding hydrogens is 340 g/mol. The Balaban J connectivity index is 0.00000225. The molecule has 5 nitrogen and oxygen atoms in total. The molecule has 0 fully saturated rings. The van der Waals surface area contributed by atoms with Gasteiger partial charge in [0.1, 0.15) is 19.3 Å². The number of hydrogen-bond donors (Lipinski definition) is 2. The molecule has 0 aromatic heterocycles. The van der Waals surface area contributed by atoms with E-state index >= 15 is 0 Å². The average Bonchev–Trinajstić information content (AvgIpc) is 2.61. The molecule has 3 rings (SSSR count). The molecule has 0 saturated carbocycles. The van der Waals surface area contributed by atoms with Gasteiger partial charge in [-0.3, -0.25) is 4.79 Å². The first-order valence-electron chi connectivity index (χ1n) is 8.12. The molecule has 2 aromatic carbocycles. The summed E-state index contributed by atoms with van der Waals surface area (Å²) >= 11 is 0. The van der Waals surface area contributed by atoms with E-state index in [-0.39, 0.29) is 18.3 Å². The highest BCUT2D eigenvalue weighted by molar-refractivity contribution is 5.85. The molecule has 0 bridgehead atoms. The highest BCUT2D eigenvalue weighted by Gasteiger charge is 2.15. The van der Waals surface area contributed by atoms with E-state index in [2.05, 4.69) is 5.32 Å². The number of aryl methyl sites for hydroxylation is 1. The molecule has 0 aliphatic carbocycles. The van der Waals surface area contributed by atoms with Gasteiger partial charge in [-0.1, -0.05) is 35.9 Å². The van der Waals surface area contributed by atoms with Crippen LogP contribution in [0.15, 0.2) is 42.5 Å². The molecule has 1 amide bonds. The van der Waals surface area contributed by atoms with Crippen molar-refractivity contribution in [1.82, 2.24) is 5.32 Å². The van der Waals surface area contributed by atoms with Crippen molar-refractivity contribution >= 4 is 18.3 Å². The zero-order valence-electron chi connectivity index (χ0n) is 14.2. The molecule has 1 atom stereocenters. The van der Waals surface area contributed by atoms with E-state index in [4.69, 9.17) is 15.2 Å². The molecule has 1 aliphatic heterocycles. The standard InChI is InChI=1S/C19H22N2O3.ClH/c1-13-2-5-15(6-3-13)18(20)19(22)21-9-8-14-4-7-16-17(12-14)24-11-10-23-16;/h2-7,12,18H,8-11,20H2,1H3,(H,21,22);1H. The van der Waals surface area contributed by atoms with Gasteiger partial charge in [0.25, 0.3) is 0 Å². The van der Waals surface area contributed by atoms with Crippen LogP contribution in [-0.2, 0) is 11.2 Å². The maximum atomic E-state index is 12.2. The highest BCUT2D eigenvalue weighted by atomic mass is 35.5. The Hall–Kier alpha value is -2.24. The molecule has 3 N–H and O–H groups in total. The Morgan fingerprint density at radius 3 is 2.52 bits per heavy atom. The highest BCUT2D eigenvalue weighted by Crippen LogP contribution is 2.30. The number of carbonyl (C=O) groups is 1. The van der Waals surface area contributed by atoms with Crippen LogP contribution in [0.1, 0.15) is 22.7 Å². The van der Waals surface area contributed by atoms with E-state index < -0.39 is 6.04 Å². The first-order chi connectivity index (χ1) is 11.6. The summed E-state index contributed by atoms with van der Waals surface area (Å²) in [7, 11) is 0. The van der Waals surface area contributed by atoms with Gasteiger partial charge < -0.3 is 20.5 Å². The minimum Gasteiger partial charge on any atom is -0.486 e. The van der Waals surface area contributed by atoms with Crippen LogP contribution >= 0.6 is 12.4 Å². The lowest BCUT2D eigenvalue weighted by atomic mass is 10.1. The second-order valence-corrected chi connectivity index (χ2v) is 5.91. The van der Waals surface area contributed by atoms with Gasteiger partial charge in [-0.2, -0.15) is 0 Å². The van der Waals surface area contributed by atoms with E-state index in [9.17, 15) is 4.79 Å². The third kappa shape index (κ3) is 4.87.